The standard InChI is InChI=1S/C22H25ClN2O6S/c1-30-19-8-5-17(21(26)25-11-9-16(10-12-25)22(27)31-2)13-20(19)32(28,29)24-14-15-3-6-18(23)7-4-15/h3-8,13,16,24H,9-12,14H2,1-2H3. The van der Waals surface area contributed by atoms with E-state index in [1.54, 1.807) is 29.2 Å². The van der Waals surface area contributed by atoms with Crippen LogP contribution in [0.1, 0.15) is 28.8 Å². The van der Waals surface area contributed by atoms with Crippen LogP contribution >= 0.6 is 11.6 Å². The second kappa shape index (κ2) is 10.3. The fraction of sp³-hybridized carbons (Fsp3) is 0.364. The number of rotatable bonds is 7. The molecular formula is C22H25ClN2O6S. The molecule has 0 unspecified atom stereocenters. The number of sulfonamides is 1. The average Bonchev–Trinajstić information content (AvgIpc) is 2.82. The first-order valence-electron chi connectivity index (χ1n) is 10.0. The largest absolute Gasteiger partial charge is 0.495 e. The van der Waals surface area contributed by atoms with Crippen LogP contribution in [0.15, 0.2) is 47.4 Å². The number of nitrogens with one attached hydrogen (secondary N) is 1. The molecule has 172 valence electrons. The van der Waals surface area contributed by atoms with Crippen LogP contribution in [0.5, 0.6) is 5.75 Å². The number of halogens is 1. The van der Waals surface area contributed by atoms with Gasteiger partial charge in [0.15, 0.2) is 0 Å². The highest BCUT2D eigenvalue weighted by molar-refractivity contribution is 7.89. The first kappa shape index (κ1) is 24.0. The van der Waals surface area contributed by atoms with Gasteiger partial charge in [0.25, 0.3) is 5.91 Å². The minimum Gasteiger partial charge on any atom is -0.495 e. The van der Waals surface area contributed by atoms with Gasteiger partial charge in [-0.25, -0.2) is 13.1 Å². The number of ether oxygens (including phenoxy) is 2. The molecule has 10 heteroatoms. The molecule has 1 amide bonds. The Morgan fingerprint density at radius 1 is 1.09 bits per heavy atom. The molecule has 1 aliphatic heterocycles. The molecule has 0 aromatic heterocycles. The number of benzene rings is 2. The molecule has 2 aromatic rings. The predicted molar refractivity (Wildman–Crippen MR) is 119 cm³/mol. The fourth-order valence-electron chi connectivity index (χ4n) is 3.55. The zero-order valence-electron chi connectivity index (χ0n) is 17.8. The van der Waals surface area contributed by atoms with E-state index >= 15 is 0 Å². The Balaban J connectivity index is 1.76. The van der Waals surface area contributed by atoms with E-state index in [0.717, 1.165) is 5.56 Å². The van der Waals surface area contributed by atoms with Crippen LogP contribution in [0.4, 0.5) is 0 Å². The quantitative estimate of drug-likeness (QED) is 0.611. The Morgan fingerprint density at radius 3 is 2.34 bits per heavy atom. The Kier molecular flexibility index (Phi) is 7.76. The molecule has 8 nitrogen and oxygen atoms in total. The Labute approximate surface area is 192 Å². The van der Waals surface area contributed by atoms with E-state index in [4.69, 9.17) is 21.1 Å². The molecule has 0 spiro atoms. The van der Waals surface area contributed by atoms with Crippen molar-refractivity contribution < 1.29 is 27.5 Å². The van der Waals surface area contributed by atoms with E-state index in [-0.39, 0.29) is 40.5 Å². The summed E-state index contributed by atoms with van der Waals surface area (Å²) in [7, 11) is -1.25. The van der Waals surface area contributed by atoms with E-state index < -0.39 is 10.0 Å². The van der Waals surface area contributed by atoms with Gasteiger partial charge in [0.05, 0.1) is 20.1 Å². The predicted octanol–water partition coefficient (Wildman–Crippen LogP) is 2.85. The first-order valence-corrected chi connectivity index (χ1v) is 11.9. The van der Waals surface area contributed by atoms with Crippen LogP contribution in [0.3, 0.4) is 0 Å². The topological polar surface area (TPSA) is 102 Å². The van der Waals surface area contributed by atoms with Crippen molar-refractivity contribution in [3.8, 4) is 5.75 Å². The zero-order chi connectivity index (χ0) is 23.3. The first-order chi connectivity index (χ1) is 15.2. The van der Waals surface area contributed by atoms with Crippen molar-refractivity contribution in [3.05, 3.63) is 58.6 Å². The summed E-state index contributed by atoms with van der Waals surface area (Å²) in [6.45, 7) is 0.838. The molecule has 1 saturated heterocycles. The van der Waals surface area contributed by atoms with E-state index in [9.17, 15) is 18.0 Å². The SMILES string of the molecule is COC(=O)C1CCN(C(=O)c2ccc(OC)c(S(=O)(=O)NCc3ccc(Cl)cc3)c2)CC1. The number of hydrogen-bond acceptors (Lipinski definition) is 6. The van der Waals surface area contributed by atoms with Gasteiger partial charge in [-0.3, -0.25) is 9.59 Å². The number of amides is 1. The van der Waals surface area contributed by atoms with Crippen LogP contribution in [-0.2, 0) is 26.1 Å². The molecule has 2 aromatic carbocycles. The Hall–Kier alpha value is -2.62. The molecule has 3 rings (SSSR count). The van der Waals surface area contributed by atoms with Crippen molar-refractivity contribution >= 4 is 33.5 Å². The summed E-state index contributed by atoms with van der Waals surface area (Å²) in [6.07, 6.45) is 1.00. The molecule has 0 saturated carbocycles. The summed E-state index contributed by atoms with van der Waals surface area (Å²) < 4.78 is 38.4. The highest BCUT2D eigenvalue weighted by Crippen LogP contribution is 2.27. The van der Waals surface area contributed by atoms with Gasteiger partial charge >= 0.3 is 5.97 Å². The molecule has 0 bridgehead atoms. The molecule has 0 aliphatic carbocycles. The van der Waals surface area contributed by atoms with Crippen LogP contribution in [0.25, 0.3) is 0 Å². The molecule has 32 heavy (non-hydrogen) atoms. The lowest BCUT2D eigenvalue weighted by molar-refractivity contribution is -0.146. The van der Waals surface area contributed by atoms with Crippen molar-refractivity contribution in [3.63, 3.8) is 0 Å². The van der Waals surface area contributed by atoms with Gasteiger partial charge in [-0.1, -0.05) is 23.7 Å². The summed E-state index contributed by atoms with van der Waals surface area (Å²) in [5.74, 6) is -0.672. The van der Waals surface area contributed by atoms with Gasteiger partial charge in [-0.05, 0) is 48.7 Å². The van der Waals surface area contributed by atoms with E-state index in [1.807, 2.05) is 0 Å². The maximum atomic E-state index is 13.0. The van der Waals surface area contributed by atoms with E-state index in [2.05, 4.69) is 4.72 Å². The van der Waals surface area contributed by atoms with Gasteiger partial charge < -0.3 is 14.4 Å². The van der Waals surface area contributed by atoms with Crippen LogP contribution in [0.2, 0.25) is 5.02 Å². The third kappa shape index (κ3) is 5.59. The number of carbonyl (C=O) groups excluding carboxylic acids is 2. The summed E-state index contributed by atoms with van der Waals surface area (Å²) in [6, 6.07) is 11.1. The molecule has 0 atom stereocenters. The third-order valence-electron chi connectivity index (χ3n) is 5.40. The zero-order valence-corrected chi connectivity index (χ0v) is 19.4. The van der Waals surface area contributed by atoms with Crippen LogP contribution < -0.4 is 9.46 Å². The van der Waals surface area contributed by atoms with E-state index in [1.165, 1.54) is 32.4 Å². The number of likely N-dealkylation sites (tertiary alicyclic amines) is 1. The summed E-state index contributed by atoms with van der Waals surface area (Å²) in [5, 5.41) is 0.556. The summed E-state index contributed by atoms with van der Waals surface area (Å²) >= 11 is 5.87. The van der Waals surface area contributed by atoms with Crippen LogP contribution in [-0.4, -0.2) is 52.5 Å². The second-order valence-corrected chi connectivity index (χ2v) is 9.58. The number of hydrogen-bond donors (Lipinski definition) is 1. The lowest BCUT2D eigenvalue weighted by atomic mass is 9.96. The summed E-state index contributed by atoms with van der Waals surface area (Å²) in [4.78, 5) is 26.2. The van der Waals surface area contributed by atoms with Gasteiger partial charge in [-0.15, -0.1) is 0 Å². The maximum absolute atomic E-state index is 13.0. The lowest BCUT2D eigenvalue weighted by Gasteiger charge is -2.30. The van der Waals surface area contributed by atoms with Crippen molar-refractivity contribution in [1.29, 1.82) is 0 Å². The molecular weight excluding hydrogens is 456 g/mol. The summed E-state index contributed by atoms with van der Waals surface area (Å²) in [5.41, 5.74) is 0.965. The van der Waals surface area contributed by atoms with Crippen molar-refractivity contribution in [2.24, 2.45) is 5.92 Å². The third-order valence-corrected chi connectivity index (χ3v) is 7.07. The van der Waals surface area contributed by atoms with Crippen LogP contribution in [0, 0.1) is 5.92 Å². The molecule has 1 fully saturated rings. The molecule has 0 radical (unpaired) electrons. The van der Waals surface area contributed by atoms with Crippen molar-refractivity contribution in [2.75, 3.05) is 27.3 Å². The second-order valence-electron chi connectivity index (χ2n) is 7.41. The normalized spacial score (nSPS) is 14.8. The number of nitrogens with zero attached hydrogens (tertiary/aromatic N) is 1. The highest BCUT2D eigenvalue weighted by atomic mass is 35.5. The number of methoxy groups -OCH3 is 2. The number of piperidine rings is 1. The van der Waals surface area contributed by atoms with Crippen molar-refractivity contribution in [2.45, 2.75) is 24.3 Å². The fourth-order valence-corrected chi connectivity index (χ4v) is 4.88. The van der Waals surface area contributed by atoms with Gasteiger partial charge in [-0.2, -0.15) is 0 Å². The average molecular weight is 481 g/mol. The van der Waals surface area contributed by atoms with Gasteiger partial charge in [0.2, 0.25) is 10.0 Å². The Morgan fingerprint density at radius 2 is 1.75 bits per heavy atom. The molecule has 1 heterocycles. The monoisotopic (exact) mass is 480 g/mol. The van der Waals surface area contributed by atoms with Gasteiger partial charge in [0.1, 0.15) is 10.6 Å². The number of carbonyl (C=O) groups is 2. The maximum Gasteiger partial charge on any atom is 0.308 e. The number of esters is 1. The minimum atomic E-state index is -3.96. The molecule has 1 aliphatic rings. The van der Waals surface area contributed by atoms with Gasteiger partial charge in [0, 0.05) is 30.2 Å². The smallest absolute Gasteiger partial charge is 0.308 e. The van der Waals surface area contributed by atoms with E-state index in [0.29, 0.717) is 31.0 Å². The molecule has 1 N–H and O–H groups in total. The highest BCUT2D eigenvalue weighted by Gasteiger charge is 2.29. The van der Waals surface area contributed by atoms with Crippen molar-refractivity contribution in [1.82, 2.24) is 9.62 Å². The minimum absolute atomic E-state index is 0.0574. The Bertz CT molecular complexity index is 1080. The lowest BCUT2D eigenvalue weighted by Crippen LogP contribution is -2.40.